The fourth-order valence-corrected chi connectivity index (χ4v) is 3.79. The molecular weight excluding hydrogens is 192 g/mol. The fraction of sp³-hybridized carbons (Fsp3) is 0.625. The minimum atomic E-state index is 0.807. The Hall–Kier alpha value is -0.780. The number of rotatable bonds is 0. The van der Waals surface area contributed by atoms with E-state index in [9.17, 15) is 0 Å². The van der Waals surface area contributed by atoms with Crippen molar-refractivity contribution in [3.8, 4) is 0 Å². The molecule has 2 fully saturated rings. The molecule has 3 aliphatic carbocycles. The maximum absolute atomic E-state index is 2.54. The molecule has 0 radical (unpaired) electrons. The molecule has 0 aromatic rings. The summed E-state index contributed by atoms with van der Waals surface area (Å²) in [5, 5.41) is 0. The first-order chi connectivity index (χ1) is 7.77. The smallest absolute Gasteiger partial charge is 0.00536 e. The summed E-state index contributed by atoms with van der Waals surface area (Å²) in [6.07, 6.45) is 12.3. The van der Waals surface area contributed by atoms with Gasteiger partial charge >= 0.3 is 0 Å². The van der Waals surface area contributed by atoms with E-state index in [4.69, 9.17) is 0 Å². The Morgan fingerprint density at radius 1 is 1.06 bits per heavy atom. The monoisotopic (exact) mass is 214 g/mol. The van der Waals surface area contributed by atoms with Gasteiger partial charge < -0.3 is 0 Å². The van der Waals surface area contributed by atoms with Crippen LogP contribution in [0.2, 0.25) is 0 Å². The summed E-state index contributed by atoms with van der Waals surface area (Å²) in [5.41, 5.74) is 8.50. The normalized spacial score (nSPS) is 28.8. The van der Waals surface area contributed by atoms with Crippen molar-refractivity contribution in [3.63, 3.8) is 0 Å². The van der Waals surface area contributed by atoms with Crippen molar-refractivity contribution in [2.75, 3.05) is 0 Å². The van der Waals surface area contributed by atoms with Gasteiger partial charge in [0.2, 0.25) is 0 Å². The Morgan fingerprint density at radius 2 is 1.88 bits per heavy atom. The van der Waals surface area contributed by atoms with Crippen molar-refractivity contribution in [2.45, 2.75) is 58.8 Å². The molecule has 2 saturated carbocycles. The van der Waals surface area contributed by atoms with Gasteiger partial charge in [0.15, 0.2) is 0 Å². The molecule has 0 N–H and O–H groups in total. The van der Waals surface area contributed by atoms with Crippen LogP contribution in [0.1, 0.15) is 58.8 Å². The number of hydrogen-bond donors (Lipinski definition) is 0. The zero-order valence-electron chi connectivity index (χ0n) is 10.6. The third kappa shape index (κ3) is 1.50. The summed E-state index contributed by atoms with van der Waals surface area (Å²) in [4.78, 5) is 0. The summed E-state index contributed by atoms with van der Waals surface area (Å²) in [6.45, 7) is 4.58. The number of hydrogen-bond acceptors (Lipinski definition) is 0. The lowest BCUT2D eigenvalue weighted by Crippen LogP contribution is -2.14. The van der Waals surface area contributed by atoms with Crippen molar-refractivity contribution in [2.24, 2.45) is 5.92 Å². The molecule has 0 nitrogen and oxygen atoms in total. The standard InChI is InChI=1S/C16H22/c1-11(2)16-10-12-6-3-4-7-13(12)14-8-5-9-15(14)16/h10,15H,3-9H2,1-2H3. The van der Waals surface area contributed by atoms with E-state index in [1.54, 1.807) is 22.3 Å². The lowest BCUT2D eigenvalue weighted by atomic mass is 9.75. The van der Waals surface area contributed by atoms with E-state index in [0.717, 1.165) is 5.92 Å². The van der Waals surface area contributed by atoms with Crippen molar-refractivity contribution in [1.29, 1.82) is 0 Å². The highest BCUT2D eigenvalue weighted by molar-refractivity contribution is 5.52. The van der Waals surface area contributed by atoms with Gasteiger partial charge in [0.05, 0.1) is 0 Å². The first-order valence-corrected chi connectivity index (χ1v) is 6.87. The Morgan fingerprint density at radius 3 is 2.69 bits per heavy atom. The second-order valence-corrected chi connectivity index (χ2v) is 5.78. The molecule has 3 aliphatic rings. The van der Waals surface area contributed by atoms with Crippen molar-refractivity contribution >= 4 is 0 Å². The van der Waals surface area contributed by atoms with Crippen LogP contribution in [0.5, 0.6) is 0 Å². The van der Waals surface area contributed by atoms with Gasteiger partial charge in [0, 0.05) is 5.92 Å². The van der Waals surface area contributed by atoms with E-state index in [0.29, 0.717) is 0 Å². The van der Waals surface area contributed by atoms with Crippen LogP contribution in [0, 0.1) is 5.92 Å². The molecule has 0 heterocycles. The van der Waals surface area contributed by atoms with Gasteiger partial charge in [-0.05, 0) is 75.5 Å². The van der Waals surface area contributed by atoms with Gasteiger partial charge in [-0.15, -0.1) is 0 Å². The summed E-state index contributed by atoms with van der Waals surface area (Å²) in [5.74, 6) is 0.807. The fourth-order valence-electron chi connectivity index (χ4n) is 3.79. The summed E-state index contributed by atoms with van der Waals surface area (Å²) < 4.78 is 0. The zero-order valence-corrected chi connectivity index (χ0v) is 10.6. The molecule has 0 bridgehead atoms. The third-order valence-corrected chi connectivity index (χ3v) is 4.54. The van der Waals surface area contributed by atoms with Crippen molar-refractivity contribution in [3.05, 3.63) is 33.9 Å². The van der Waals surface area contributed by atoms with E-state index in [1.807, 2.05) is 5.57 Å². The quantitative estimate of drug-likeness (QED) is 0.536. The van der Waals surface area contributed by atoms with Crippen LogP contribution >= 0.6 is 0 Å². The van der Waals surface area contributed by atoms with E-state index in [-0.39, 0.29) is 0 Å². The first kappa shape index (κ1) is 10.4. The van der Waals surface area contributed by atoms with Crippen LogP contribution in [-0.2, 0) is 0 Å². The molecule has 3 rings (SSSR count). The van der Waals surface area contributed by atoms with Crippen LogP contribution in [-0.4, -0.2) is 0 Å². The van der Waals surface area contributed by atoms with Crippen LogP contribution in [0.25, 0.3) is 0 Å². The van der Waals surface area contributed by atoms with E-state index < -0.39 is 0 Å². The SMILES string of the molecule is CC(C)=C1C=C2CCCCC2=C2CCCC12. The molecule has 0 heteroatoms. The van der Waals surface area contributed by atoms with E-state index in [1.165, 1.54) is 44.9 Å². The van der Waals surface area contributed by atoms with E-state index >= 15 is 0 Å². The predicted molar refractivity (Wildman–Crippen MR) is 69.3 cm³/mol. The van der Waals surface area contributed by atoms with Crippen LogP contribution < -0.4 is 0 Å². The van der Waals surface area contributed by atoms with Gasteiger partial charge in [-0.25, -0.2) is 0 Å². The second kappa shape index (κ2) is 3.91. The maximum Gasteiger partial charge on any atom is 0.00536 e. The lowest BCUT2D eigenvalue weighted by Gasteiger charge is -2.30. The Kier molecular flexibility index (Phi) is 2.53. The minimum Gasteiger partial charge on any atom is -0.0726 e. The lowest BCUT2D eigenvalue weighted by molar-refractivity contribution is 0.639. The van der Waals surface area contributed by atoms with Gasteiger partial charge in [-0.2, -0.15) is 0 Å². The van der Waals surface area contributed by atoms with Crippen LogP contribution in [0.4, 0.5) is 0 Å². The number of fused-ring (bicyclic) bond motifs is 2. The summed E-state index contributed by atoms with van der Waals surface area (Å²) in [7, 11) is 0. The average molecular weight is 214 g/mol. The predicted octanol–water partition coefficient (Wildman–Crippen LogP) is 4.93. The summed E-state index contributed by atoms with van der Waals surface area (Å²) >= 11 is 0. The molecule has 1 unspecified atom stereocenters. The Balaban J connectivity index is 2.10. The maximum atomic E-state index is 2.54. The summed E-state index contributed by atoms with van der Waals surface area (Å²) in [6, 6.07) is 0. The molecule has 0 saturated heterocycles. The van der Waals surface area contributed by atoms with Crippen molar-refractivity contribution in [1.82, 2.24) is 0 Å². The first-order valence-electron chi connectivity index (χ1n) is 6.87. The topological polar surface area (TPSA) is 0 Å². The Labute approximate surface area is 99.1 Å². The molecule has 0 aromatic carbocycles. The van der Waals surface area contributed by atoms with Gasteiger partial charge in [0.25, 0.3) is 0 Å². The number of allylic oxidation sites excluding steroid dienone is 6. The molecule has 0 aromatic heterocycles. The molecule has 0 amide bonds. The third-order valence-electron chi connectivity index (χ3n) is 4.54. The van der Waals surface area contributed by atoms with Crippen molar-refractivity contribution < 1.29 is 0 Å². The highest BCUT2D eigenvalue weighted by atomic mass is 14.4. The minimum absolute atomic E-state index is 0.807. The molecule has 0 spiro atoms. The Bertz CT molecular complexity index is 400. The van der Waals surface area contributed by atoms with E-state index in [2.05, 4.69) is 19.9 Å². The highest BCUT2D eigenvalue weighted by Crippen LogP contribution is 2.48. The molecule has 86 valence electrons. The largest absolute Gasteiger partial charge is 0.0726 e. The zero-order chi connectivity index (χ0) is 11.1. The molecule has 0 aliphatic heterocycles. The second-order valence-electron chi connectivity index (χ2n) is 5.78. The van der Waals surface area contributed by atoms with Gasteiger partial charge in [0.1, 0.15) is 0 Å². The van der Waals surface area contributed by atoms with Crippen LogP contribution in [0.15, 0.2) is 33.9 Å². The molecule has 1 atom stereocenters. The molecular formula is C16H22. The van der Waals surface area contributed by atoms with Gasteiger partial charge in [-0.3, -0.25) is 0 Å². The van der Waals surface area contributed by atoms with Gasteiger partial charge in [-0.1, -0.05) is 17.2 Å². The average Bonchev–Trinajstić information content (AvgIpc) is 2.76. The van der Waals surface area contributed by atoms with Crippen LogP contribution in [0.3, 0.4) is 0 Å². The molecule has 16 heavy (non-hydrogen) atoms. The highest BCUT2D eigenvalue weighted by Gasteiger charge is 2.32.